The molecule has 18 heteroatoms. The summed E-state index contributed by atoms with van der Waals surface area (Å²) in [5.41, 5.74) is 3.07. The van der Waals surface area contributed by atoms with Crippen LogP contribution in [0.2, 0.25) is 0 Å². The van der Waals surface area contributed by atoms with Gasteiger partial charge in [0.2, 0.25) is 47.3 Å². The van der Waals surface area contributed by atoms with Gasteiger partial charge in [-0.3, -0.25) is 38.4 Å². The third-order valence-electron chi connectivity index (χ3n) is 15.7. The van der Waals surface area contributed by atoms with Gasteiger partial charge in [-0.25, -0.2) is 0 Å². The minimum absolute atomic E-state index is 0.00637. The van der Waals surface area contributed by atoms with Crippen molar-refractivity contribution in [3.63, 3.8) is 0 Å². The van der Waals surface area contributed by atoms with E-state index in [1.165, 1.54) is 20.9 Å². The lowest BCUT2D eigenvalue weighted by Crippen LogP contribution is -2.66. The summed E-state index contributed by atoms with van der Waals surface area (Å²) in [6.45, 7) is 15.3. The molecule has 18 nitrogen and oxygen atoms in total. The number of rotatable bonds is 18. The summed E-state index contributed by atoms with van der Waals surface area (Å²) >= 11 is 0. The molecule has 2 aromatic rings. The van der Waals surface area contributed by atoms with Crippen molar-refractivity contribution < 1.29 is 38.4 Å². The fraction of sp³-hybridized carbons (Fsp3) is 0.621. The molecule has 2 saturated heterocycles. The minimum Gasteiger partial charge on any atom is -0.347 e. The molecule has 76 heavy (non-hydrogen) atoms. The average Bonchev–Trinajstić information content (AvgIpc) is 3.40. The van der Waals surface area contributed by atoms with Crippen LogP contribution in [-0.4, -0.2) is 156 Å². The van der Waals surface area contributed by atoms with Crippen molar-refractivity contribution in [2.45, 2.75) is 168 Å². The Balaban J connectivity index is 1.09. The number of benzene rings is 2. The standard InChI is InChI=1S/C58H86N10O8/c1-37(59-9)51(71)63-49(57(3,4)5)55(75)67-33-31-65(35-45(67)53(73)61-43-27-19-23-39-21-15-17-25-41(39)43)47(69)29-13-11-12-14-30-48(70)66-32-34-68(56(76)50(58(6,7)8)64-52(72)38(2)60-10)46(36-66)54(74)62-44-28-20-24-40-22-16-18-26-42(40)44/h11-12,15-18,21-22,25-26,37-38,43-46,49-50,59-60H,13-14,19-20,23-24,27-36H2,1-10H3,(H,61,73)(H,62,74)(H,63,71)(H,64,72)/b12-11+/t37-,38-,43+,44+,45-,46-,49+,50+/m0/s1. The van der Waals surface area contributed by atoms with E-state index in [-0.39, 0.29) is 111 Å². The number of amides is 8. The lowest BCUT2D eigenvalue weighted by atomic mass is 9.85. The van der Waals surface area contributed by atoms with Gasteiger partial charge in [-0.05, 0) is 112 Å². The number of hydrogen-bond acceptors (Lipinski definition) is 10. The van der Waals surface area contributed by atoms with Gasteiger partial charge in [0.05, 0.1) is 37.3 Å². The zero-order valence-corrected chi connectivity index (χ0v) is 46.8. The number of fused-ring (bicyclic) bond motifs is 2. The quantitative estimate of drug-likeness (QED) is 0.119. The van der Waals surface area contributed by atoms with E-state index >= 15 is 0 Å². The van der Waals surface area contributed by atoms with Crippen molar-refractivity contribution in [2.75, 3.05) is 53.4 Å². The Morgan fingerprint density at radius 1 is 0.566 bits per heavy atom. The number of allylic oxidation sites excluding steroid dienone is 2. The summed E-state index contributed by atoms with van der Waals surface area (Å²) in [6.07, 6.45) is 9.91. The molecule has 2 heterocycles. The molecule has 0 spiro atoms. The highest BCUT2D eigenvalue weighted by Gasteiger charge is 2.46. The van der Waals surface area contributed by atoms with Crippen LogP contribution in [-0.2, 0) is 51.2 Å². The van der Waals surface area contributed by atoms with Crippen molar-refractivity contribution in [3.05, 3.63) is 82.9 Å². The summed E-state index contributed by atoms with van der Waals surface area (Å²) in [5.74, 6) is -2.49. The van der Waals surface area contributed by atoms with Crippen LogP contribution in [0.15, 0.2) is 60.7 Å². The van der Waals surface area contributed by atoms with Gasteiger partial charge in [0.1, 0.15) is 24.2 Å². The van der Waals surface area contributed by atoms with Crippen molar-refractivity contribution >= 4 is 47.3 Å². The molecule has 4 aliphatic rings. The first-order valence-corrected chi connectivity index (χ1v) is 27.6. The Morgan fingerprint density at radius 3 is 1.29 bits per heavy atom. The zero-order valence-electron chi connectivity index (χ0n) is 46.8. The first kappa shape index (κ1) is 59.1. The molecule has 6 N–H and O–H groups in total. The van der Waals surface area contributed by atoms with Crippen LogP contribution < -0.4 is 31.9 Å². The van der Waals surface area contributed by atoms with E-state index in [1.807, 2.05) is 90.1 Å². The first-order valence-electron chi connectivity index (χ1n) is 27.6. The maximum absolute atomic E-state index is 14.5. The molecule has 0 saturated carbocycles. The van der Waals surface area contributed by atoms with Gasteiger partial charge in [-0.1, -0.05) is 102 Å². The summed E-state index contributed by atoms with van der Waals surface area (Å²) in [6, 6.07) is 10.6. The molecule has 6 rings (SSSR count). The molecule has 0 unspecified atom stereocenters. The van der Waals surface area contributed by atoms with Gasteiger partial charge in [-0.2, -0.15) is 0 Å². The highest BCUT2D eigenvalue weighted by molar-refractivity contribution is 5.96. The van der Waals surface area contributed by atoms with Crippen LogP contribution in [0.1, 0.15) is 141 Å². The Hall–Kier alpha value is -6.14. The number of carbonyl (C=O) groups excluding carboxylic acids is 8. The van der Waals surface area contributed by atoms with Crippen LogP contribution in [0.25, 0.3) is 0 Å². The molecular weight excluding hydrogens is 965 g/mol. The van der Waals surface area contributed by atoms with Crippen LogP contribution in [0.3, 0.4) is 0 Å². The SMILES string of the molecule is CN[C@@H](C)C(=O)N[C@H](C(=O)N1CCN(C(=O)CC/C=C/CCC(=O)N2CCN(C(=O)[C@@H](NC(=O)[C@H](C)NC)C(C)(C)C)[C@H](C(=O)N[C@@H]3CCCc4ccccc43)C2)C[C@H]1C(=O)N[C@@H]1CCCc2ccccc21)C(C)(C)C. The second-order valence-corrected chi connectivity index (χ2v) is 23.3. The normalized spacial score (nSPS) is 21.6. The van der Waals surface area contributed by atoms with Crippen molar-refractivity contribution in [1.82, 2.24) is 51.5 Å². The van der Waals surface area contributed by atoms with E-state index in [0.29, 0.717) is 12.8 Å². The number of nitrogens with zero attached hydrogens (tertiary/aromatic N) is 4. The summed E-state index contributed by atoms with van der Waals surface area (Å²) in [4.78, 5) is 118. The third-order valence-corrected chi connectivity index (χ3v) is 15.7. The minimum atomic E-state index is -0.994. The number of likely N-dealkylation sites (N-methyl/N-ethyl adjacent to an activating group) is 2. The Labute approximate surface area is 450 Å². The van der Waals surface area contributed by atoms with Crippen LogP contribution in [0.5, 0.6) is 0 Å². The molecule has 2 aliphatic heterocycles. The molecule has 2 aliphatic carbocycles. The smallest absolute Gasteiger partial charge is 0.246 e. The monoisotopic (exact) mass is 1050 g/mol. The van der Waals surface area contributed by atoms with Gasteiger partial charge < -0.3 is 51.5 Å². The van der Waals surface area contributed by atoms with E-state index in [2.05, 4.69) is 44.0 Å². The van der Waals surface area contributed by atoms with E-state index < -0.39 is 47.1 Å². The van der Waals surface area contributed by atoms with Crippen molar-refractivity contribution in [3.8, 4) is 0 Å². The zero-order chi connectivity index (χ0) is 55.5. The second-order valence-electron chi connectivity index (χ2n) is 23.3. The summed E-state index contributed by atoms with van der Waals surface area (Å²) in [7, 11) is 3.34. The van der Waals surface area contributed by atoms with Gasteiger partial charge in [0.25, 0.3) is 0 Å². The van der Waals surface area contributed by atoms with Gasteiger partial charge in [0, 0.05) is 39.0 Å². The molecule has 8 amide bonds. The topological polar surface area (TPSA) is 222 Å². The van der Waals surface area contributed by atoms with E-state index in [4.69, 9.17) is 0 Å². The summed E-state index contributed by atoms with van der Waals surface area (Å²) < 4.78 is 0. The van der Waals surface area contributed by atoms with Crippen LogP contribution in [0, 0.1) is 10.8 Å². The van der Waals surface area contributed by atoms with Gasteiger partial charge >= 0.3 is 0 Å². The fourth-order valence-corrected chi connectivity index (χ4v) is 10.7. The van der Waals surface area contributed by atoms with Crippen LogP contribution in [0.4, 0.5) is 0 Å². The first-order chi connectivity index (χ1) is 36.0. The number of nitrogens with one attached hydrogen (secondary N) is 6. The Kier molecular flexibility index (Phi) is 20.4. The van der Waals surface area contributed by atoms with E-state index in [1.54, 1.807) is 37.7 Å². The van der Waals surface area contributed by atoms with Crippen molar-refractivity contribution in [2.24, 2.45) is 10.8 Å². The highest BCUT2D eigenvalue weighted by Crippen LogP contribution is 2.32. The average molecular weight is 1050 g/mol. The predicted molar refractivity (Wildman–Crippen MR) is 292 cm³/mol. The molecule has 0 radical (unpaired) electrons. The van der Waals surface area contributed by atoms with E-state index in [9.17, 15) is 38.4 Å². The Bertz CT molecular complexity index is 2280. The van der Waals surface area contributed by atoms with Gasteiger partial charge in [0.15, 0.2) is 0 Å². The number of carbonyl (C=O) groups is 8. The molecule has 8 atom stereocenters. The predicted octanol–water partition coefficient (Wildman–Crippen LogP) is 3.85. The number of piperazine rings is 2. The highest BCUT2D eigenvalue weighted by atomic mass is 16.2. The molecule has 416 valence electrons. The van der Waals surface area contributed by atoms with Crippen LogP contribution >= 0.6 is 0 Å². The molecular formula is C58H86N10O8. The van der Waals surface area contributed by atoms with Gasteiger partial charge in [-0.15, -0.1) is 0 Å². The Morgan fingerprint density at radius 2 is 0.934 bits per heavy atom. The fourth-order valence-electron chi connectivity index (χ4n) is 10.7. The van der Waals surface area contributed by atoms with E-state index in [0.717, 1.165) is 49.7 Å². The van der Waals surface area contributed by atoms with Crippen molar-refractivity contribution in [1.29, 1.82) is 0 Å². The number of aryl methyl sites for hydroxylation is 2. The molecule has 2 aromatic carbocycles. The molecule has 0 bridgehead atoms. The lowest BCUT2D eigenvalue weighted by molar-refractivity contribution is -0.152. The maximum Gasteiger partial charge on any atom is 0.246 e. The largest absolute Gasteiger partial charge is 0.347 e. The lowest BCUT2D eigenvalue weighted by Gasteiger charge is -2.44. The molecule has 0 aromatic heterocycles. The maximum atomic E-state index is 14.5. The number of hydrogen-bond donors (Lipinski definition) is 6. The third kappa shape index (κ3) is 14.9. The molecule has 2 fully saturated rings. The summed E-state index contributed by atoms with van der Waals surface area (Å²) in [5, 5.41) is 18.2. The second kappa shape index (κ2) is 26.3.